The molecule has 1 aromatic carbocycles. The molecular weight excluding hydrogens is 232 g/mol. The molecule has 0 bridgehead atoms. The zero-order chi connectivity index (χ0) is 11.7. The summed E-state index contributed by atoms with van der Waals surface area (Å²) in [5.74, 6) is -1.00. The van der Waals surface area contributed by atoms with Gasteiger partial charge in [0.05, 0.1) is 6.54 Å². The number of nitrogens with zero attached hydrogens (tertiary/aromatic N) is 2. The molecule has 0 radical (unpaired) electrons. The molecule has 0 fully saturated rings. The van der Waals surface area contributed by atoms with Gasteiger partial charge in [0.1, 0.15) is 5.82 Å². The lowest BCUT2D eigenvalue weighted by Gasteiger charge is -2.04. The van der Waals surface area contributed by atoms with E-state index in [1.807, 2.05) is 0 Å². The van der Waals surface area contributed by atoms with E-state index in [1.54, 1.807) is 11.5 Å². The van der Waals surface area contributed by atoms with Gasteiger partial charge in [-0.05, 0) is 36.8 Å². The van der Waals surface area contributed by atoms with Crippen LogP contribution in [0.1, 0.15) is 11.4 Å². The molecule has 2 aromatic rings. The lowest BCUT2D eigenvalue weighted by molar-refractivity contribution is 0.506. The maximum absolute atomic E-state index is 13.0. The monoisotopic (exact) mass is 241 g/mol. The maximum atomic E-state index is 13.0. The summed E-state index contributed by atoms with van der Waals surface area (Å²) in [6.45, 7) is 2.16. The van der Waals surface area contributed by atoms with Gasteiger partial charge in [-0.1, -0.05) is 6.07 Å². The largest absolute Gasteiger partial charge is 0.300 e. The maximum Gasteiger partial charge on any atom is 0.195 e. The summed E-state index contributed by atoms with van der Waals surface area (Å²) in [5, 5.41) is 6.56. The normalized spacial score (nSPS) is 10.7. The molecule has 0 aliphatic rings. The van der Waals surface area contributed by atoms with Crippen LogP contribution < -0.4 is 0 Å². The van der Waals surface area contributed by atoms with Crippen molar-refractivity contribution in [2.45, 2.75) is 13.5 Å². The van der Waals surface area contributed by atoms with Gasteiger partial charge in [-0.15, -0.1) is 0 Å². The van der Waals surface area contributed by atoms with Gasteiger partial charge in [0.25, 0.3) is 0 Å². The Morgan fingerprint density at radius 2 is 2.12 bits per heavy atom. The number of rotatable bonds is 2. The highest BCUT2D eigenvalue weighted by atomic mass is 32.1. The van der Waals surface area contributed by atoms with Crippen molar-refractivity contribution in [3.05, 3.63) is 46.0 Å². The van der Waals surface area contributed by atoms with Crippen LogP contribution >= 0.6 is 12.2 Å². The lowest BCUT2D eigenvalue weighted by atomic mass is 10.2. The van der Waals surface area contributed by atoms with Crippen molar-refractivity contribution in [3.8, 4) is 0 Å². The molecule has 0 aliphatic heterocycles. The summed E-state index contributed by atoms with van der Waals surface area (Å²) in [6, 6.07) is 3.78. The van der Waals surface area contributed by atoms with Crippen LogP contribution in [0.5, 0.6) is 0 Å². The first-order valence-electron chi connectivity index (χ1n) is 4.63. The van der Waals surface area contributed by atoms with Crippen molar-refractivity contribution in [1.29, 1.82) is 0 Å². The number of aryl methyl sites for hydroxylation is 1. The van der Waals surface area contributed by atoms with E-state index >= 15 is 0 Å². The predicted molar refractivity (Wildman–Crippen MR) is 57.6 cm³/mol. The Morgan fingerprint density at radius 1 is 1.38 bits per heavy atom. The van der Waals surface area contributed by atoms with E-state index in [0.29, 0.717) is 22.7 Å². The second-order valence-electron chi connectivity index (χ2n) is 3.41. The Morgan fingerprint density at radius 3 is 2.69 bits per heavy atom. The summed E-state index contributed by atoms with van der Waals surface area (Å²) in [6.07, 6.45) is 0. The minimum Gasteiger partial charge on any atom is -0.300 e. The Kier molecular flexibility index (Phi) is 2.82. The molecule has 3 nitrogen and oxygen atoms in total. The van der Waals surface area contributed by atoms with Gasteiger partial charge in [0, 0.05) is 0 Å². The first kappa shape index (κ1) is 10.9. The zero-order valence-electron chi connectivity index (χ0n) is 8.50. The molecule has 16 heavy (non-hydrogen) atoms. The Labute approximate surface area is 95.7 Å². The molecule has 0 unspecified atom stereocenters. The third kappa shape index (κ3) is 2.01. The number of hydrogen-bond acceptors (Lipinski definition) is 2. The van der Waals surface area contributed by atoms with E-state index in [0.717, 1.165) is 12.1 Å². The lowest BCUT2D eigenvalue weighted by Crippen LogP contribution is -2.03. The number of aromatic nitrogens is 3. The first-order chi connectivity index (χ1) is 7.58. The zero-order valence-corrected chi connectivity index (χ0v) is 9.31. The minimum atomic E-state index is -0.856. The molecule has 0 spiro atoms. The molecule has 0 saturated heterocycles. The topological polar surface area (TPSA) is 33.6 Å². The van der Waals surface area contributed by atoms with Gasteiger partial charge in [0.15, 0.2) is 16.4 Å². The van der Waals surface area contributed by atoms with Gasteiger partial charge >= 0.3 is 0 Å². The summed E-state index contributed by atoms with van der Waals surface area (Å²) in [5.41, 5.74) is 0.638. The molecule has 0 amide bonds. The third-order valence-electron chi connectivity index (χ3n) is 2.27. The summed E-state index contributed by atoms with van der Waals surface area (Å²) in [7, 11) is 0. The molecule has 0 atom stereocenters. The number of aromatic amines is 1. The Balaban J connectivity index is 2.34. The van der Waals surface area contributed by atoms with E-state index in [4.69, 9.17) is 12.2 Å². The summed E-state index contributed by atoms with van der Waals surface area (Å²) >= 11 is 5.01. The number of nitrogens with one attached hydrogen (secondary N) is 1. The molecule has 1 heterocycles. The minimum absolute atomic E-state index is 0.373. The molecule has 2 rings (SSSR count). The smallest absolute Gasteiger partial charge is 0.195 e. The summed E-state index contributed by atoms with van der Waals surface area (Å²) in [4.78, 5) is 0. The van der Waals surface area contributed by atoms with Crippen LogP contribution in [0, 0.1) is 23.3 Å². The fourth-order valence-corrected chi connectivity index (χ4v) is 1.65. The number of hydrogen-bond donors (Lipinski definition) is 1. The quantitative estimate of drug-likeness (QED) is 0.820. The van der Waals surface area contributed by atoms with E-state index in [9.17, 15) is 8.78 Å². The fourth-order valence-electron chi connectivity index (χ4n) is 1.40. The van der Waals surface area contributed by atoms with Crippen molar-refractivity contribution in [3.63, 3.8) is 0 Å². The van der Waals surface area contributed by atoms with Crippen molar-refractivity contribution in [1.82, 2.24) is 14.8 Å². The summed E-state index contributed by atoms with van der Waals surface area (Å²) < 4.78 is 27.9. The van der Waals surface area contributed by atoms with Gasteiger partial charge in [-0.3, -0.25) is 9.67 Å². The Hall–Kier alpha value is -1.56. The molecule has 84 valence electrons. The van der Waals surface area contributed by atoms with Crippen molar-refractivity contribution in [2.75, 3.05) is 0 Å². The number of halogens is 2. The van der Waals surface area contributed by atoms with Crippen LogP contribution in [0.3, 0.4) is 0 Å². The van der Waals surface area contributed by atoms with Crippen molar-refractivity contribution >= 4 is 12.2 Å². The van der Waals surface area contributed by atoms with Crippen molar-refractivity contribution in [2.24, 2.45) is 0 Å². The van der Waals surface area contributed by atoms with Gasteiger partial charge in [0.2, 0.25) is 0 Å². The fraction of sp³-hybridized carbons (Fsp3) is 0.200. The van der Waals surface area contributed by atoms with Crippen molar-refractivity contribution < 1.29 is 8.78 Å². The van der Waals surface area contributed by atoms with Gasteiger partial charge in [-0.2, -0.15) is 5.10 Å². The SMILES string of the molecule is Cc1n[nH]c(=S)n1Cc1ccc(F)c(F)c1. The molecule has 0 aliphatic carbocycles. The van der Waals surface area contributed by atoms with Crippen LogP contribution in [0.25, 0.3) is 0 Å². The average Bonchev–Trinajstić information content (AvgIpc) is 2.55. The molecule has 6 heteroatoms. The number of H-pyrrole nitrogens is 1. The average molecular weight is 241 g/mol. The van der Waals surface area contributed by atoms with Crippen LogP contribution in [-0.2, 0) is 6.54 Å². The van der Waals surface area contributed by atoms with Crippen LogP contribution in [-0.4, -0.2) is 14.8 Å². The standard InChI is InChI=1S/C10H9F2N3S/c1-6-13-14-10(16)15(6)5-7-2-3-8(11)9(12)4-7/h2-4H,5H2,1H3,(H,14,16). The second kappa shape index (κ2) is 4.13. The Bertz CT molecular complexity index is 574. The molecular formula is C10H9F2N3S. The second-order valence-corrected chi connectivity index (χ2v) is 3.80. The highest BCUT2D eigenvalue weighted by molar-refractivity contribution is 7.71. The van der Waals surface area contributed by atoms with Crippen LogP contribution in [0.2, 0.25) is 0 Å². The molecule has 0 saturated carbocycles. The predicted octanol–water partition coefficient (Wildman–Crippen LogP) is 2.58. The van der Waals surface area contributed by atoms with Crippen LogP contribution in [0.4, 0.5) is 8.78 Å². The van der Waals surface area contributed by atoms with Gasteiger partial charge < -0.3 is 0 Å². The first-order valence-corrected chi connectivity index (χ1v) is 5.04. The van der Waals surface area contributed by atoms with Crippen LogP contribution in [0.15, 0.2) is 18.2 Å². The highest BCUT2D eigenvalue weighted by Crippen LogP contribution is 2.11. The van der Waals surface area contributed by atoms with E-state index in [2.05, 4.69) is 10.2 Å². The number of benzene rings is 1. The highest BCUT2D eigenvalue weighted by Gasteiger charge is 2.05. The van der Waals surface area contributed by atoms with Gasteiger partial charge in [-0.25, -0.2) is 8.78 Å². The van der Waals surface area contributed by atoms with E-state index in [1.165, 1.54) is 6.07 Å². The molecule has 1 aromatic heterocycles. The molecule has 1 N–H and O–H groups in total. The third-order valence-corrected chi connectivity index (χ3v) is 2.59. The van der Waals surface area contributed by atoms with E-state index in [-0.39, 0.29) is 0 Å². The van der Waals surface area contributed by atoms with E-state index < -0.39 is 11.6 Å².